The topological polar surface area (TPSA) is 24.5 Å². The predicted octanol–water partition coefficient (Wildman–Crippen LogP) is 2.79. The third-order valence-electron chi connectivity index (χ3n) is 3.27. The van der Waals surface area contributed by atoms with Crippen molar-refractivity contribution in [2.75, 3.05) is 33.9 Å². The molecule has 1 aromatic carbocycles. The van der Waals surface area contributed by atoms with Gasteiger partial charge < -0.3 is 10.1 Å². The van der Waals surface area contributed by atoms with Gasteiger partial charge >= 0.3 is 0 Å². The number of nitrogens with zero attached hydrogens (tertiary/aromatic N) is 1. The Balaban J connectivity index is 2.28. The summed E-state index contributed by atoms with van der Waals surface area (Å²) in [5, 5.41) is 4.29. The molecule has 0 aromatic heterocycles. The van der Waals surface area contributed by atoms with Crippen molar-refractivity contribution in [1.82, 2.24) is 10.2 Å². The molecule has 1 rings (SSSR count). The largest absolute Gasteiger partial charge is 0.385 e. The van der Waals surface area contributed by atoms with Gasteiger partial charge in [0.05, 0.1) is 0 Å². The standard InChI is InChI=1S/C15H25ClN2O/c1-13(11-17-9-6-10-19-3)18(2)12-14-7-4-5-8-15(14)16/h4-5,7-8,13,17H,6,9-12H2,1-3H3. The van der Waals surface area contributed by atoms with Crippen molar-refractivity contribution in [3.05, 3.63) is 34.9 Å². The summed E-state index contributed by atoms with van der Waals surface area (Å²) in [5.74, 6) is 0. The Morgan fingerprint density at radius 2 is 2.11 bits per heavy atom. The molecule has 0 heterocycles. The van der Waals surface area contributed by atoms with E-state index in [-0.39, 0.29) is 0 Å². The van der Waals surface area contributed by atoms with Crippen LogP contribution in [0.25, 0.3) is 0 Å². The Morgan fingerprint density at radius 1 is 1.37 bits per heavy atom. The van der Waals surface area contributed by atoms with E-state index in [9.17, 15) is 0 Å². The summed E-state index contributed by atoms with van der Waals surface area (Å²) in [7, 11) is 3.87. The molecular formula is C15H25ClN2O. The van der Waals surface area contributed by atoms with Crippen LogP contribution in [0.4, 0.5) is 0 Å². The van der Waals surface area contributed by atoms with Gasteiger partial charge in [-0.1, -0.05) is 29.8 Å². The minimum Gasteiger partial charge on any atom is -0.385 e. The molecule has 0 aliphatic rings. The van der Waals surface area contributed by atoms with Gasteiger partial charge in [0.2, 0.25) is 0 Å². The van der Waals surface area contributed by atoms with Crippen molar-refractivity contribution in [1.29, 1.82) is 0 Å². The van der Waals surface area contributed by atoms with Gasteiger partial charge in [-0.2, -0.15) is 0 Å². The van der Waals surface area contributed by atoms with E-state index < -0.39 is 0 Å². The number of hydrogen-bond donors (Lipinski definition) is 1. The first kappa shape index (κ1) is 16.4. The normalized spacial score (nSPS) is 12.9. The number of ether oxygens (including phenoxy) is 1. The van der Waals surface area contributed by atoms with Gasteiger partial charge in [0.25, 0.3) is 0 Å². The molecule has 0 radical (unpaired) electrons. The monoisotopic (exact) mass is 284 g/mol. The molecule has 1 unspecified atom stereocenters. The number of halogens is 1. The lowest BCUT2D eigenvalue weighted by atomic mass is 10.2. The minimum atomic E-state index is 0.471. The average Bonchev–Trinajstić information content (AvgIpc) is 2.41. The van der Waals surface area contributed by atoms with E-state index in [1.54, 1.807) is 7.11 Å². The number of hydrogen-bond acceptors (Lipinski definition) is 3. The second-order valence-electron chi connectivity index (χ2n) is 4.91. The second-order valence-corrected chi connectivity index (χ2v) is 5.31. The maximum absolute atomic E-state index is 6.18. The predicted molar refractivity (Wildman–Crippen MR) is 81.7 cm³/mol. The lowest BCUT2D eigenvalue weighted by Crippen LogP contribution is -2.38. The maximum Gasteiger partial charge on any atom is 0.0474 e. The van der Waals surface area contributed by atoms with Gasteiger partial charge in [-0.25, -0.2) is 0 Å². The molecule has 0 fully saturated rings. The van der Waals surface area contributed by atoms with Gasteiger partial charge in [-0.05, 0) is 38.6 Å². The molecule has 0 aliphatic carbocycles. The Kier molecular flexibility index (Phi) is 8.07. The SMILES string of the molecule is COCCCNCC(C)N(C)Cc1ccccc1Cl. The molecule has 1 atom stereocenters. The van der Waals surface area contributed by atoms with Crippen LogP contribution in [-0.2, 0) is 11.3 Å². The zero-order valence-corrected chi connectivity index (χ0v) is 12.9. The number of benzene rings is 1. The van der Waals surface area contributed by atoms with Crippen molar-refractivity contribution in [3.63, 3.8) is 0 Å². The Hall–Kier alpha value is -0.610. The number of methoxy groups -OCH3 is 1. The molecule has 1 N–H and O–H groups in total. The summed E-state index contributed by atoms with van der Waals surface area (Å²) in [6, 6.07) is 8.49. The molecule has 0 amide bonds. The van der Waals surface area contributed by atoms with Crippen LogP contribution in [0.5, 0.6) is 0 Å². The number of likely N-dealkylation sites (N-methyl/N-ethyl adjacent to an activating group) is 1. The van der Waals surface area contributed by atoms with Crippen LogP contribution >= 0.6 is 11.6 Å². The first-order valence-electron chi connectivity index (χ1n) is 6.78. The molecule has 3 nitrogen and oxygen atoms in total. The minimum absolute atomic E-state index is 0.471. The summed E-state index contributed by atoms with van der Waals surface area (Å²) in [4.78, 5) is 2.31. The highest BCUT2D eigenvalue weighted by atomic mass is 35.5. The van der Waals surface area contributed by atoms with E-state index in [1.165, 1.54) is 5.56 Å². The quantitative estimate of drug-likeness (QED) is 0.706. The fourth-order valence-corrected chi connectivity index (χ4v) is 2.05. The van der Waals surface area contributed by atoms with Gasteiger partial charge in [0.15, 0.2) is 0 Å². The molecule has 1 aromatic rings. The lowest BCUT2D eigenvalue weighted by molar-refractivity contribution is 0.191. The Bertz CT molecular complexity index is 360. The molecular weight excluding hydrogens is 260 g/mol. The number of nitrogens with one attached hydrogen (secondary N) is 1. The van der Waals surface area contributed by atoms with Crippen molar-refractivity contribution >= 4 is 11.6 Å². The van der Waals surface area contributed by atoms with Crippen molar-refractivity contribution < 1.29 is 4.74 Å². The van der Waals surface area contributed by atoms with E-state index in [2.05, 4.69) is 30.3 Å². The Labute approximate surface area is 121 Å². The molecule has 0 aliphatic heterocycles. The van der Waals surface area contributed by atoms with Crippen LogP contribution in [0.3, 0.4) is 0 Å². The van der Waals surface area contributed by atoms with E-state index >= 15 is 0 Å². The fourth-order valence-electron chi connectivity index (χ4n) is 1.86. The van der Waals surface area contributed by atoms with Gasteiger partial charge in [-0.3, -0.25) is 4.90 Å². The fraction of sp³-hybridized carbons (Fsp3) is 0.600. The van der Waals surface area contributed by atoms with Crippen molar-refractivity contribution in [2.45, 2.75) is 25.9 Å². The van der Waals surface area contributed by atoms with Gasteiger partial charge in [0, 0.05) is 37.9 Å². The van der Waals surface area contributed by atoms with E-state index in [0.717, 1.165) is 37.7 Å². The van der Waals surface area contributed by atoms with E-state index in [0.29, 0.717) is 6.04 Å². The van der Waals surface area contributed by atoms with Crippen LogP contribution in [0.2, 0.25) is 5.02 Å². The van der Waals surface area contributed by atoms with E-state index in [1.807, 2.05) is 18.2 Å². The summed E-state index contributed by atoms with van der Waals surface area (Å²) in [6.07, 6.45) is 1.05. The summed E-state index contributed by atoms with van der Waals surface area (Å²) < 4.78 is 5.02. The zero-order valence-electron chi connectivity index (χ0n) is 12.2. The molecule has 0 spiro atoms. The highest BCUT2D eigenvalue weighted by Gasteiger charge is 2.10. The van der Waals surface area contributed by atoms with Gasteiger partial charge in [0.1, 0.15) is 0 Å². The van der Waals surface area contributed by atoms with Crippen LogP contribution < -0.4 is 5.32 Å². The summed E-state index contributed by atoms with van der Waals surface area (Å²) in [5.41, 5.74) is 1.18. The third kappa shape index (κ3) is 6.39. The third-order valence-corrected chi connectivity index (χ3v) is 3.64. The number of rotatable bonds is 9. The molecule has 19 heavy (non-hydrogen) atoms. The molecule has 0 saturated heterocycles. The van der Waals surface area contributed by atoms with Crippen molar-refractivity contribution in [3.8, 4) is 0 Å². The Morgan fingerprint density at radius 3 is 2.79 bits per heavy atom. The highest BCUT2D eigenvalue weighted by Crippen LogP contribution is 2.17. The molecule has 0 bridgehead atoms. The van der Waals surface area contributed by atoms with E-state index in [4.69, 9.17) is 16.3 Å². The lowest BCUT2D eigenvalue weighted by Gasteiger charge is -2.25. The van der Waals surface area contributed by atoms with Crippen molar-refractivity contribution in [2.24, 2.45) is 0 Å². The second kappa shape index (κ2) is 9.32. The van der Waals surface area contributed by atoms with Crippen LogP contribution in [0, 0.1) is 0 Å². The summed E-state index contributed by atoms with van der Waals surface area (Å²) in [6.45, 7) is 5.89. The van der Waals surface area contributed by atoms with Gasteiger partial charge in [-0.15, -0.1) is 0 Å². The first-order valence-corrected chi connectivity index (χ1v) is 7.16. The highest BCUT2D eigenvalue weighted by molar-refractivity contribution is 6.31. The first-order chi connectivity index (χ1) is 9.15. The van der Waals surface area contributed by atoms with Crippen LogP contribution in [-0.4, -0.2) is 44.8 Å². The van der Waals surface area contributed by atoms with Crippen LogP contribution in [0.1, 0.15) is 18.9 Å². The smallest absolute Gasteiger partial charge is 0.0474 e. The zero-order chi connectivity index (χ0) is 14.1. The maximum atomic E-state index is 6.18. The molecule has 0 saturated carbocycles. The average molecular weight is 285 g/mol. The molecule has 4 heteroatoms. The van der Waals surface area contributed by atoms with Crippen LogP contribution in [0.15, 0.2) is 24.3 Å². The summed E-state index contributed by atoms with van der Waals surface area (Å²) >= 11 is 6.18. The molecule has 108 valence electrons.